The number of nitrogens with one attached hydrogen (secondary N) is 1. The molecular weight excluding hydrogens is 291 g/mol. The highest BCUT2D eigenvalue weighted by Crippen LogP contribution is 2.30. The Hall–Kier alpha value is -0.840. The van der Waals surface area contributed by atoms with Crippen LogP contribution in [-0.2, 0) is 0 Å². The molecule has 0 aromatic heterocycles. The van der Waals surface area contributed by atoms with Gasteiger partial charge in [0.15, 0.2) is 11.6 Å². The maximum atomic E-state index is 13.6. The van der Waals surface area contributed by atoms with E-state index in [4.69, 9.17) is 4.74 Å². The Kier molecular flexibility index (Phi) is 8.01. The van der Waals surface area contributed by atoms with Crippen LogP contribution in [0.2, 0.25) is 0 Å². The summed E-state index contributed by atoms with van der Waals surface area (Å²) in [6.45, 7) is 6.37. The number of benzene rings is 1. The monoisotopic (exact) mass is 316 g/mol. The van der Waals surface area contributed by atoms with Crippen molar-refractivity contribution >= 4 is 12.4 Å². The smallest absolute Gasteiger partial charge is 0.165 e. The Labute approximate surface area is 133 Å². The first-order valence-electron chi connectivity index (χ1n) is 7.54. The fourth-order valence-electron chi connectivity index (χ4n) is 2.83. The second-order valence-electron chi connectivity index (χ2n) is 5.34. The molecular formula is C16H26ClFN2O. The van der Waals surface area contributed by atoms with Gasteiger partial charge in [0.1, 0.15) is 0 Å². The van der Waals surface area contributed by atoms with Crippen LogP contribution in [0.1, 0.15) is 37.8 Å². The van der Waals surface area contributed by atoms with Gasteiger partial charge in [0, 0.05) is 32.2 Å². The van der Waals surface area contributed by atoms with Crippen LogP contribution in [0.4, 0.5) is 4.39 Å². The van der Waals surface area contributed by atoms with Gasteiger partial charge in [-0.05, 0) is 24.1 Å². The van der Waals surface area contributed by atoms with Gasteiger partial charge in [0.25, 0.3) is 0 Å². The lowest BCUT2D eigenvalue weighted by molar-refractivity contribution is 0.163. The van der Waals surface area contributed by atoms with Crippen LogP contribution < -0.4 is 10.1 Å². The van der Waals surface area contributed by atoms with Crippen molar-refractivity contribution in [1.29, 1.82) is 0 Å². The minimum Gasteiger partial charge on any atom is -0.494 e. The van der Waals surface area contributed by atoms with E-state index in [1.54, 1.807) is 0 Å². The third-order valence-electron chi connectivity index (χ3n) is 3.98. The van der Waals surface area contributed by atoms with Crippen LogP contribution in [-0.4, -0.2) is 38.2 Å². The highest BCUT2D eigenvalue weighted by molar-refractivity contribution is 5.85. The zero-order valence-electron chi connectivity index (χ0n) is 12.9. The summed E-state index contributed by atoms with van der Waals surface area (Å²) in [4.78, 5) is 2.50. The minimum absolute atomic E-state index is 0. The molecule has 3 nitrogen and oxygen atoms in total. The molecule has 1 aromatic carbocycles. The average molecular weight is 317 g/mol. The van der Waals surface area contributed by atoms with E-state index in [1.807, 2.05) is 12.1 Å². The van der Waals surface area contributed by atoms with Crippen molar-refractivity contribution < 1.29 is 9.13 Å². The molecule has 1 aliphatic rings. The zero-order valence-corrected chi connectivity index (χ0v) is 13.7. The van der Waals surface area contributed by atoms with Gasteiger partial charge in [0.2, 0.25) is 0 Å². The van der Waals surface area contributed by atoms with E-state index in [-0.39, 0.29) is 18.2 Å². The van der Waals surface area contributed by atoms with E-state index in [9.17, 15) is 4.39 Å². The van der Waals surface area contributed by atoms with E-state index in [1.165, 1.54) is 31.6 Å². The summed E-state index contributed by atoms with van der Waals surface area (Å²) in [6, 6.07) is 5.65. The lowest BCUT2D eigenvalue weighted by atomic mass is 9.98. The van der Waals surface area contributed by atoms with Crippen LogP contribution in [0.5, 0.6) is 5.75 Å². The molecule has 0 radical (unpaired) electrons. The van der Waals surface area contributed by atoms with Crippen molar-refractivity contribution in [3.8, 4) is 5.75 Å². The second-order valence-corrected chi connectivity index (χ2v) is 5.34. The van der Waals surface area contributed by atoms with Crippen LogP contribution >= 0.6 is 12.4 Å². The van der Waals surface area contributed by atoms with Gasteiger partial charge in [-0.1, -0.05) is 25.8 Å². The van der Waals surface area contributed by atoms with Gasteiger partial charge in [0.05, 0.1) is 7.11 Å². The zero-order chi connectivity index (χ0) is 14.4. The van der Waals surface area contributed by atoms with Gasteiger partial charge < -0.3 is 10.1 Å². The number of ether oxygens (including phenoxy) is 1. The topological polar surface area (TPSA) is 24.5 Å². The van der Waals surface area contributed by atoms with Crippen molar-refractivity contribution in [2.75, 3.05) is 33.3 Å². The molecule has 1 aromatic rings. The number of hydrogen-bond acceptors (Lipinski definition) is 3. The Morgan fingerprint density at radius 1 is 1.33 bits per heavy atom. The summed E-state index contributed by atoms with van der Waals surface area (Å²) in [6.07, 6.45) is 3.49. The van der Waals surface area contributed by atoms with Gasteiger partial charge in [-0.3, -0.25) is 4.90 Å². The number of piperazine rings is 1. The van der Waals surface area contributed by atoms with Gasteiger partial charge in [-0.25, -0.2) is 4.39 Å². The summed E-state index contributed by atoms with van der Waals surface area (Å²) < 4.78 is 18.7. The summed E-state index contributed by atoms with van der Waals surface area (Å²) in [5.74, 6) is 0.0601. The molecule has 1 atom stereocenters. The SMILES string of the molecule is CCCC[C@@H](c1ccc(F)c(OC)c1)N1CCNCC1.Cl. The minimum atomic E-state index is -0.286. The van der Waals surface area contributed by atoms with E-state index < -0.39 is 0 Å². The van der Waals surface area contributed by atoms with Crippen molar-refractivity contribution in [2.24, 2.45) is 0 Å². The molecule has 1 N–H and O–H groups in total. The summed E-state index contributed by atoms with van der Waals surface area (Å²) >= 11 is 0. The molecule has 0 unspecified atom stereocenters. The molecule has 0 saturated carbocycles. The maximum absolute atomic E-state index is 13.6. The molecule has 21 heavy (non-hydrogen) atoms. The first-order valence-corrected chi connectivity index (χ1v) is 7.54. The number of rotatable bonds is 6. The normalized spacial score (nSPS) is 17.1. The van der Waals surface area contributed by atoms with Crippen LogP contribution in [0.25, 0.3) is 0 Å². The highest BCUT2D eigenvalue weighted by atomic mass is 35.5. The largest absolute Gasteiger partial charge is 0.494 e. The summed E-state index contributed by atoms with van der Waals surface area (Å²) in [5.41, 5.74) is 1.17. The average Bonchev–Trinajstić information content (AvgIpc) is 2.50. The van der Waals surface area contributed by atoms with Crippen molar-refractivity contribution in [2.45, 2.75) is 32.2 Å². The fraction of sp³-hybridized carbons (Fsp3) is 0.625. The third kappa shape index (κ3) is 4.83. The van der Waals surface area contributed by atoms with E-state index in [0.29, 0.717) is 11.8 Å². The number of halogens is 2. The number of methoxy groups -OCH3 is 1. The Morgan fingerprint density at radius 2 is 2.05 bits per heavy atom. The van der Waals surface area contributed by atoms with E-state index in [2.05, 4.69) is 17.1 Å². The fourth-order valence-corrected chi connectivity index (χ4v) is 2.83. The number of nitrogens with zero attached hydrogens (tertiary/aromatic N) is 1. The predicted octanol–water partition coefficient (Wildman–Crippen LogP) is 3.39. The standard InChI is InChI=1S/C16H25FN2O.ClH/c1-3-4-5-15(19-10-8-18-9-11-19)13-6-7-14(17)16(12-13)20-2;/h6-7,12,15,18H,3-5,8-11H2,1-2H3;1H/t15-;/m0./s1. The molecule has 120 valence electrons. The Balaban J connectivity index is 0.00000220. The lowest BCUT2D eigenvalue weighted by Gasteiger charge is -2.35. The first kappa shape index (κ1) is 18.2. The Bertz CT molecular complexity index is 425. The second kappa shape index (κ2) is 9.23. The lowest BCUT2D eigenvalue weighted by Crippen LogP contribution is -2.45. The first-order chi connectivity index (χ1) is 9.76. The highest BCUT2D eigenvalue weighted by Gasteiger charge is 2.22. The Morgan fingerprint density at radius 3 is 2.67 bits per heavy atom. The molecule has 2 rings (SSSR count). The molecule has 1 aliphatic heterocycles. The quantitative estimate of drug-likeness (QED) is 0.870. The van der Waals surface area contributed by atoms with Crippen LogP contribution in [0.3, 0.4) is 0 Å². The third-order valence-corrected chi connectivity index (χ3v) is 3.98. The molecule has 0 aliphatic carbocycles. The molecule has 1 heterocycles. The van der Waals surface area contributed by atoms with Crippen LogP contribution in [0, 0.1) is 5.82 Å². The summed E-state index contributed by atoms with van der Waals surface area (Å²) in [7, 11) is 1.52. The van der Waals surface area contributed by atoms with Crippen molar-refractivity contribution in [1.82, 2.24) is 10.2 Å². The van der Waals surface area contributed by atoms with Gasteiger partial charge in [-0.15, -0.1) is 12.4 Å². The van der Waals surface area contributed by atoms with Gasteiger partial charge >= 0.3 is 0 Å². The number of hydrogen-bond donors (Lipinski definition) is 1. The predicted molar refractivity (Wildman–Crippen MR) is 86.9 cm³/mol. The van der Waals surface area contributed by atoms with E-state index in [0.717, 1.165) is 32.6 Å². The van der Waals surface area contributed by atoms with Crippen LogP contribution in [0.15, 0.2) is 18.2 Å². The summed E-state index contributed by atoms with van der Waals surface area (Å²) in [5, 5.41) is 3.38. The van der Waals surface area contributed by atoms with Gasteiger partial charge in [-0.2, -0.15) is 0 Å². The molecule has 1 fully saturated rings. The molecule has 0 amide bonds. The number of unbranched alkanes of at least 4 members (excludes halogenated alkanes) is 1. The van der Waals surface area contributed by atoms with E-state index >= 15 is 0 Å². The maximum Gasteiger partial charge on any atom is 0.165 e. The molecule has 0 spiro atoms. The van der Waals surface area contributed by atoms with Crippen molar-refractivity contribution in [3.05, 3.63) is 29.6 Å². The molecule has 0 bridgehead atoms. The molecule has 5 heteroatoms. The molecule has 1 saturated heterocycles. The van der Waals surface area contributed by atoms with Crippen molar-refractivity contribution in [3.63, 3.8) is 0 Å².